The molecule has 1 aromatic rings. The summed E-state index contributed by atoms with van der Waals surface area (Å²) in [6, 6.07) is 2.55. The third-order valence-electron chi connectivity index (χ3n) is 1.40. The summed E-state index contributed by atoms with van der Waals surface area (Å²) in [5, 5.41) is 5.37. The number of benzene rings is 1. The van der Waals surface area contributed by atoms with Crippen molar-refractivity contribution in [2.45, 2.75) is 4.90 Å². The molecule has 0 spiro atoms. The molecule has 4 nitrogen and oxygen atoms in total. The molecule has 0 saturated carbocycles. The molecule has 0 aliphatic rings. The minimum absolute atomic E-state index is 0.0664. The molecule has 0 fully saturated rings. The predicted molar refractivity (Wildman–Crippen MR) is 56.2 cm³/mol. The number of halogens is 2. The predicted octanol–water partition coefficient (Wildman–Crippen LogP) is 2.56. The summed E-state index contributed by atoms with van der Waals surface area (Å²) in [7, 11) is -3.29. The standard InChI is InChI=1S/C6H8Cl2N2O2S/c7-4-1-3(13(10,11)12)2-5(8)6(4)9/h1-2,11-12H,9-10H2. The van der Waals surface area contributed by atoms with Crippen LogP contribution >= 0.6 is 34.0 Å². The van der Waals surface area contributed by atoms with Gasteiger partial charge in [-0.2, -0.15) is 0 Å². The van der Waals surface area contributed by atoms with Gasteiger partial charge in [0.2, 0.25) is 0 Å². The number of rotatable bonds is 1. The van der Waals surface area contributed by atoms with E-state index in [-0.39, 0.29) is 20.6 Å². The first kappa shape index (κ1) is 10.9. The number of nitrogen functional groups attached to an aromatic ring is 1. The van der Waals surface area contributed by atoms with E-state index in [4.69, 9.17) is 43.2 Å². The summed E-state index contributed by atoms with van der Waals surface area (Å²) in [5.74, 6) is 0. The van der Waals surface area contributed by atoms with Gasteiger partial charge >= 0.3 is 0 Å². The van der Waals surface area contributed by atoms with Gasteiger partial charge in [0.1, 0.15) is 0 Å². The summed E-state index contributed by atoms with van der Waals surface area (Å²) in [6.07, 6.45) is 0. The molecule has 74 valence electrons. The average Bonchev–Trinajstić information content (AvgIpc) is 1.97. The van der Waals surface area contributed by atoms with Gasteiger partial charge in [0.15, 0.2) is 0 Å². The zero-order valence-corrected chi connectivity index (χ0v) is 8.70. The lowest BCUT2D eigenvalue weighted by molar-refractivity contribution is 0.489. The van der Waals surface area contributed by atoms with Crippen molar-refractivity contribution in [2.24, 2.45) is 5.14 Å². The molecular formula is C6H8Cl2N2O2S. The molecule has 13 heavy (non-hydrogen) atoms. The van der Waals surface area contributed by atoms with Crippen LogP contribution in [0, 0.1) is 0 Å². The van der Waals surface area contributed by atoms with Crippen molar-refractivity contribution in [3.8, 4) is 0 Å². The van der Waals surface area contributed by atoms with Gasteiger partial charge in [-0.05, 0) is 12.1 Å². The fourth-order valence-corrected chi connectivity index (χ4v) is 1.93. The maximum atomic E-state index is 9.09. The molecule has 6 N–H and O–H groups in total. The molecule has 1 rings (SSSR count). The molecule has 0 amide bonds. The third kappa shape index (κ3) is 2.40. The highest BCUT2D eigenvalue weighted by molar-refractivity contribution is 8.22. The van der Waals surface area contributed by atoms with Crippen molar-refractivity contribution in [2.75, 3.05) is 5.73 Å². The van der Waals surface area contributed by atoms with Crippen LogP contribution in [0.4, 0.5) is 5.69 Å². The Morgan fingerprint density at radius 3 is 1.85 bits per heavy atom. The molecule has 7 heteroatoms. The molecule has 1 aromatic carbocycles. The van der Waals surface area contributed by atoms with E-state index in [1.165, 1.54) is 12.1 Å². The first-order valence-electron chi connectivity index (χ1n) is 3.13. The molecule has 0 saturated heterocycles. The van der Waals surface area contributed by atoms with E-state index in [1.54, 1.807) is 0 Å². The van der Waals surface area contributed by atoms with Crippen LogP contribution in [0.3, 0.4) is 0 Å². The Labute approximate surface area is 86.9 Å². The Kier molecular flexibility index (Phi) is 2.96. The first-order valence-corrected chi connectivity index (χ1v) is 5.49. The summed E-state index contributed by atoms with van der Waals surface area (Å²) in [6.45, 7) is 0. The second-order valence-electron chi connectivity index (χ2n) is 2.39. The monoisotopic (exact) mass is 242 g/mol. The highest BCUT2D eigenvalue weighted by Crippen LogP contribution is 2.44. The minimum atomic E-state index is -3.29. The van der Waals surface area contributed by atoms with E-state index in [2.05, 4.69) is 0 Å². The van der Waals surface area contributed by atoms with Crippen LogP contribution in [-0.2, 0) is 0 Å². The molecule has 0 atom stereocenters. The third-order valence-corrected chi connectivity index (χ3v) is 2.95. The van der Waals surface area contributed by atoms with Gasteiger partial charge in [-0.15, -0.1) is 10.8 Å². The van der Waals surface area contributed by atoms with E-state index in [0.717, 1.165) is 0 Å². The SMILES string of the molecule is Nc1c(Cl)cc(S(N)(O)O)cc1Cl. The van der Waals surface area contributed by atoms with Crippen molar-refractivity contribution in [1.82, 2.24) is 0 Å². The Morgan fingerprint density at radius 2 is 1.54 bits per heavy atom. The van der Waals surface area contributed by atoms with Crippen molar-refractivity contribution in [1.29, 1.82) is 0 Å². The Hall–Kier alpha value is -0.170. The van der Waals surface area contributed by atoms with Crippen LogP contribution in [0.15, 0.2) is 17.0 Å². The van der Waals surface area contributed by atoms with Gasteiger partial charge in [-0.3, -0.25) is 9.11 Å². The smallest absolute Gasteiger partial charge is 0.0778 e. The highest BCUT2D eigenvalue weighted by Gasteiger charge is 2.13. The first-order chi connectivity index (χ1) is 5.82. The maximum Gasteiger partial charge on any atom is 0.0778 e. The average molecular weight is 243 g/mol. The summed E-state index contributed by atoms with van der Waals surface area (Å²) in [5.41, 5.74) is 5.63. The summed E-state index contributed by atoms with van der Waals surface area (Å²) in [4.78, 5) is 0.0664. The topological polar surface area (TPSA) is 92.5 Å². The molecular weight excluding hydrogens is 235 g/mol. The van der Waals surface area contributed by atoms with Crippen molar-refractivity contribution < 1.29 is 9.11 Å². The second kappa shape index (κ2) is 3.53. The summed E-state index contributed by atoms with van der Waals surface area (Å²) < 4.78 is 18.2. The molecule has 0 aliphatic carbocycles. The second-order valence-corrected chi connectivity index (χ2v) is 4.87. The van der Waals surface area contributed by atoms with Gasteiger partial charge in [0.05, 0.1) is 20.6 Å². The normalized spacial score (nSPS) is 13.0. The van der Waals surface area contributed by atoms with E-state index >= 15 is 0 Å². The van der Waals surface area contributed by atoms with Crippen LogP contribution in [0.2, 0.25) is 10.0 Å². The highest BCUT2D eigenvalue weighted by atomic mass is 35.5. The number of anilines is 1. The molecule has 0 heterocycles. The van der Waals surface area contributed by atoms with Gasteiger partial charge in [-0.1, -0.05) is 23.2 Å². The fourth-order valence-electron chi connectivity index (χ4n) is 0.734. The van der Waals surface area contributed by atoms with Gasteiger partial charge in [0.25, 0.3) is 0 Å². The number of hydrogen-bond donors (Lipinski definition) is 4. The summed E-state index contributed by atoms with van der Waals surface area (Å²) >= 11 is 11.3. The molecule has 0 unspecified atom stereocenters. The lowest BCUT2D eigenvalue weighted by atomic mass is 10.3. The van der Waals surface area contributed by atoms with Crippen LogP contribution in [0.25, 0.3) is 0 Å². The van der Waals surface area contributed by atoms with E-state index < -0.39 is 10.8 Å². The Morgan fingerprint density at radius 1 is 1.15 bits per heavy atom. The number of hydrogen-bond acceptors (Lipinski definition) is 4. The number of nitrogens with two attached hydrogens (primary N) is 2. The molecule has 0 aliphatic heterocycles. The minimum Gasteiger partial charge on any atom is -0.396 e. The van der Waals surface area contributed by atoms with E-state index in [1.807, 2.05) is 0 Å². The van der Waals surface area contributed by atoms with Crippen LogP contribution in [0.1, 0.15) is 0 Å². The molecule has 0 aromatic heterocycles. The maximum absolute atomic E-state index is 9.09. The lowest BCUT2D eigenvalue weighted by Gasteiger charge is -2.26. The fraction of sp³-hybridized carbons (Fsp3) is 0. The van der Waals surface area contributed by atoms with E-state index in [9.17, 15) is 0 Å². The van der Waals surface area contributed by atoms with E-state index in [0.29, 0.717) is 0 Å². The largest absolute Gasteiger partial charge is 0.396 e. The van der Waals surface area contributed by atoms with Crippen LogP contribution < -0.4 is 10.9 Å². The zero-order valence-electron chi connectivity index (χ0n) is 6.37. The van der Waals surface area contributed by atoms with Crippen molar-refractivity contribution in [3.63, 3.8) is 0 Å². The van der Waals surface area contributed by atoms with Crippen molar-refractivity contribution >= 4 is 39.7 Å². The van der Waals surface area contributed by atoms with Gasteiger partial charge in [0, 0.05) is 0 Å². The molecule has 0 radical (unpaired) electrons. The van der Waals surface area contributed by atoms with Crippen LogP contribution in [0.5, 0.6) is 0 Å². The van der Waals surface area contributed by atoms with Crippen LogP contribution in [-0.4, -0.2) is 9.11 Å². The van der Waals surface area contributed by atoms with Gasteiger partial charge < -0.3 is 5.73 Å². The van der Waals surface area contributed by atoms with Crippen molar-refractivity contribution in [3.05, 3.63) is 22.2 Å². The van der Waals surface area contributed by atoms with Gasteiger partial charge in [-0.25, -0.2) is 5.14 Å². The lowest BCUT2D eigenvalue weighted by Crippen LogP contribution is -2.08. The Balaban J connectivity index is 3.29. The molecule has 0 bridgehead atoms. The quantitative estimate of drug-likeness (QED) is 0.570. The zero-order chi connectivity index (χ0) is 10.2. The Bertz CT molecular complexity index is 317.